The number of nitrogens with zero attached hydrogens (tertiary/aromatic N) is 4. The van der Waals surface area contributed by atoms with Gasteiger partial charge < -0.3 is 18.6 Å². The van der Waals surface area contributed by atoms with Gasteiger partial charge in [-0.05, 0) is 79.2 Å². The third-order valence-electron chi connectivity index (χ3n) is 12.6. The molecule has 13 rings (SSSR count). The van der Waals surface area contributed by atoms with Gasteiger partial charge in [-0.1, -0.05) is 127 Å². The van der Waals surface area contributed by atoms with Crippen molar-refractivity contribution in [3.63, 3.8) is 0 Å². The molecule has 4 heteroatoms. The Bertz CT molecular complexity index is 3560. The molecule has 0 radical (unpaired) electrons. The first-order valence-electron chi connectivity index (χ1n) is 20.2. The van der Waals surface area contributed by atoms with Gasteiger partial charge in [0.05, 0.1) is 50.5 Å². The van der Waals surface area contributed by atoms with Crippen LogP contribution in [0.3, 0.4) is 0 Å². The lowest BCUT2D eigenvalue weighted by Gasteiger charge is -2.33. The molecule has 4 nitrogen and oxygen atoms in total. The second kappa shape index (κ2) is 12.0. The summed E-state index contributed by atoms with van der Waals surface area (Å²) >= 11 is 0. The van der Waals surface area contributed by atoms with Crippen LogP contribution in [0, 0.1) is 0 Å². The maximum absolute atomic E-state index is 2.54. The zero-order valence-electron chi connectivity index (χ0n) is 31.6. The van der Waals surface area contributed by atoms with Gasteiger partial charge >= 0.3 is 0 Å². The molecule has 58 heavy (non-hydrogen) atoms. The molecule has 1 unspecified atom stereocenters. The summed E-state index contributed by atoms with van der Waals surface area (Å²) in [5.41, 5.74) is 13.4. The van der Waals surface area contributed by atoms with Crippen LogP contribution in [0.4, 0.5) is 28.4 Å². The average molecular weight is 741 g/mol. The Hall–Kier alpha value is -7.56. The molecule has 0 spiro atoms. The number of hydrogen-bond acceptors (Lipinski definition) is 2. The Balaban J connectivity index is 1.10. The molecule has 0 bridgehead atoms. The lowest BCUT2D eigenvalue weighted by Crippen LogP contribution is -2.29. The van der Waals surface area contributed by atoms with Crippen molar-refractivity contribution in [1.82, 2.24) is 8.80 Å². The quantitative estimate of drug-likeness (QED) is 0.169. The maximum Gasteiger partial charge on any atom is 0.0621 e. The van der Waals surface area contributed by atoms with Gasteiger partial charge in [0.15, 0.2) is 0 Å². The molecule has 0 aliphatic heterocycles. The van der Waals surface area contributed by atoms with Gasteiger partial charge in [-0.3, -0.25) is 0 Å². The van der Waals surface area contributed by atoms with Crippen molar-refractivity contribution in [3.8, 4) is 0 Å². The molecule has 1 aliphatic carbocycles. The highest BCUT2D eigenvalue weighted by atomic mass is 15.2. The topological polar surface area (TPSA) is 15.3 Å². The van der Waals surface area contributed by atoms with Crippen molar-refractivity contribution in [2.24, 2.45) is 0 Å². The fourth-order valence-corrected chi connectivity index (χ4v) is 10.3. The summed E-state index contributed by atoms with van der Waals surface area (Å²) in [4.78, 5) is 4.94. The summed E-state index contributed by atoms with van der Waals surface area (Å²) in [6, 6.07) is 64.9. The highest BCUT2D eigenvalue weighted by molar-refractivity contribution is 6.31. The number of allylic oxidation sites excluding steroid dienone is 2. The Morgan fingerprint density at radius 2 is 0.879 bits per heavy atom. The van der Waals surface area contributed by atoms with Gasteiger partial charge in [0.25, 0.3) is 0 Å². The molecule has 1 aliphatic rings. The lowest BCUT2D eigenvalue weighted by atomic mass is 10.0. The maximum atomic E-state index is 2.54. The van der Waals surface area contributed by atoms with E-state index in [0.29, 0.717) is 0 Å². The molecule has 0 N–H and O–H groups in total. The van der Waals surface area contributed by atoms with Gasteiger partial charge in [0, 0.05) is 60.2 Å². The molecule has 0 saturated carbocycles. The van der Waals surface area contributed by atoms with E-state index in [-0.39, 0.29) is 6.04 Å². The lowest BCUT2D eigenvalue weighted by molar-refractivity contribution is 0.787. The van der Waals surface area contributed by atoms with E-state index in [4.69, 9.17) is 0 Å². The highest BCUT2D eigenvalue weighted by Crippen LogP contribution is 2.49. The summed E-state index contributed by atoms with van der Waals surface area (Å²) in [5.74, 6) is 0. The number of aromatic nitrogens is 2. The third-order valence-corrected chi connectivity index (χ3v) is 12.6. The fraction of sp³-hybridized carbons (Fsp3) is 0.0370. The van der Waals surface area contributed by atoms with E-state index in [1.165, 1.54) is 93.3 Å². The van der Waals surface area contributed by atoms with Crippen LogP contribution in [0.1, 0.15) is 6.42 Å². The molecule has 272 valence electrons. The third kappa shape index (κ3) is 4.24. The second-order valence-electron chi connectivity index (χ2n) is 15.6. The molecular weight excluding hydrogens is 705 g/mol. The molecule has 4 heterocycles. The number of hydrogen-bond donors (Lipinski definition) is 0. The van der Waals surface area contributed by atoms with Crippen molar-refractivity contribution >= 4 is 105 Å². The Morgan fingerprint density at radius 1 is 0.397 bits per heavy atom. The van der Waals surface area contributed by atoms with Gasteiger partial charge in [0.2, 0.25) is 0 Å². The van der Waals surface area contributed by atoms with Crippen molar-refractivity contribution in [1.29, 1.82) is 0 Å². The minimum Gasteiger partial charge on any atom is -0.334 e. The van der Waals surface area contributed by atoms with E-state index in [2.05, 4.69) is 219 Å². The molecule has 1 atom stereocenters. The summed E-state index contributed by atoms with van der Waals surface area (Å²) < 4.78 is 5.07. The highest BCUT2D eigenvalue weighted by Gasteiger charge is 2.27. The van der Waals surface area contributed by atoms with Gasteiger partial charge in [-0.25, -0.2) is 0 Å². The zero-order chi connectivity index (χ0) is 37.9. The molecule has 4 aromatic heterocycles. The normalized spacial score (nSPS) is 14.5. The monoisotopic (exact) mass is 740 g/mol. The first-order valence-corrected chi connectivity index (χ1v) is 20.2. The van der Waals surface area contributed by atoms with Gasteiger partial charge in [-0.2, -0.15) is 0 Å². The van der Waals surface area contributed by atoms with Gasteiger partial charge in [0.1, 0.15) is 0 Å². The molecular formula is C54H36N4. The summed E-state index contributed by atoms with van der Waals surface area (Å²) in [6.45, 7) is 0. The Morgan fingerprint density at radius 3 is 1.41 bits per heavy atom. The van der Waals surface area contributed by atoms with E-state index < -0.39 is 0 Å². The number of fused-ring (bicyclic) bond motifs is 12. The van der Waals surface area contributed by atoms with Crippen LogP contribution in [0.15, 0.2) is 200 Å². The van der Waals surface area contributed by atoms with E-state index in [9.17, 15) is 0 Å². The van der Waals surface area contributed by atoms with E-state index in [1.54, 1.807) is 0 Å². The Kier molecular flexibility index (Phi) is 6.53. The molecule has 8 aromatic carbocycles. The van der Waals surface area contributed by atoms with Crippen molar-refractivity contribution < 1.29 is 0 Å². The molecule has 0 amide bonds. The predicted octanol–water partition coefficient (Wildman–Crippen LogP) is 14.5. The van der Waals surface area contributed by atoms with E-state index in [0.717, 1.165) is 17.8 Å². The first-order chi connectivity index (χ1) is 28.8. The summed E-state index contributed by atoms with van der Waals surface area (Å²) in [5, 5.41) is 10.2. The first kappa shape index (κ1) is 31.6. The minimum atomic E-state index is 0.219. The molecule has 12 aromatic rings. The van der Waals surface area contributed by atoms with Crippen molar-refractivity contribution in [3.05, 3.63) is 200 Å². The smallest absolute Gasteiger partial charge is 0.0621 e. The van der Waals surface area contributed by atoms with Crippen LogP contribution < -0.4 is 9.80 Å². The zero-order valence-corrected chi connectivity index (χ0v) is 31.6. The molecule has 0 saturated heterocycles. The second-order valence-corrected chi connectivity index (χ2v) is 15.6. The van der Waals surface area contributed by atoms with E-state index in [1.807, 2.05) is 0 Å². The minimum absolute atomic E-state index is 0.219. The van der Waals surface area contributed by atoms with Crippen LogP contribution in [0.5, 0.6) is 0 Å². The van der Waals surface area contributed by atoms with Gasteiger partial charge in [-0.15, -0.1) is 0 Å². The summed E-state index contributed by atoms with van der Waals surface area (Å²) in [6.07, 6.45) is 9.93. The van der Waals surface area contributed by atoms with Crippen LogP contribution in [-0.2, 0) is 0 Å². The van der Waals surface area contributed by atoms with Crippen LogP contribution in [0.25, 0.3) is 76.2 Å². The number of rotatable bonds is 6. The standard InChI is InChI=1S/C54H36N4/c1-5-17-35(18-6-1)55(36-19-7-2-8-20-36)45-29-15-31-47-51(45)41-27-13-25-39-43-34-50-44(33-49(43)57(47)53(39)41)40-26-14-28-42-52-46(30-16-32-48(52)58(50)54(40)42)56(37-21-9-3-10-22-37)38-23-11-4-12-24-38/h1-23,25-34,38H,24H2. The van der Waals surface area contributed by atoms with Crippen molar-refractivity contribution in [2.75, 3.05) is 9.80 Å². The van der Waals surface area contributed by atoms with Crippen LogP contribution >= 0.6 is 0 Å². The number of para-hydroxylation sites is 5. The summed E-state index contributed by atoms with van der Waals surface area (Å²) in [7, 11) is 0. The number of benzene rings is 8. The average Bonchev–Trinajstić information content (AvgIpc) is 4.02. The van der Waals surface area contributed by atoms with Crippen LogP contribution in [0.2, 0.25) is 0 Å². The number of anilines is 5. The van der Waals surface area contributed by atoms with Crippen molar-refractivity contribution in [2.45, 2.75) is 12.5 Å². The van der Waals surface area contributed by atoms with E-state index >= 15 is 0 Å². The Labute approximate surface area is 334 Å². The SMILES string of the molecule is C1=CCC(N(c2ccccc2)c2cccc3c2c2cccc4c5cc6c(cc5n3c42)c2cccc3c4c(N(c5ccccc5)c5ccccc5)cccc4n6c23)C=C1. The largest absolute Gasteiger partial charge is 0.334 e. The molecule has 0 fully saturated rings. The predicted molar refractivity (Wildman–Crippen MR) is 246 cm³/mol. The fourth-order valence-electron chi connectivity index (χ4n) is 10.3. The van der Waals surface area contributed by atoms with Crippen LogP contribution in [-0.4, -0.2) is 14.8 Å².